The third-order valence-electron chi connectivity index (χ3n) is 10.8. The highest BCUT2D eigenvalue weighted by molar-refractivity contribution is 5.83. The van der Waals surface area contributed by atoms with Crippen LogP contribution in [0.15, 0.2) is 24.3 Å². The van der Waals surface area contributed by atoms with Crippen molar-refractivity contribution in [3.8, 4) is 5.75 Å². The van der Waals surface area contributed by atoms with E-state index < -0.39 is 10.5 Å². The first-order valence-corrected chi connectivity index (χ1v) is 13.2. The Morgan fingerprint density at radius 2 is 1.71 bits per heavy atom. The summed E-state index contributed by atoms with van der Waals surface area (Å²) in [5.41, 5.74) is -0.116. The molecule has 0 amide bonds. The number of carbonyl (C=O) groups is 1. The zero-order valence-corrected chi connectivity index (χ0v) is 20.8. The van der Waals surface area contributed by atoms with Crippen molar-refractivity contribution in [1.82, 2.24) is 0 Å². The van der Waals surface area contributed by atoms with E-state index in [0.717, 1.165) is 38.5 Å². The molecule has 0 aromatic heterocycles. The van der Waals surface area contributed by atoms with E-state index in [1.54, 1.807) is 12.1 Å². The second-order valence-electron chi connectivity index (χ2n) is 12.5. The molecule has 34 heavy (non-hydrogen) atoms. The van der Waals surface area contributed by atoms with Gasteiger partial charge in [0.15, 0.2) is 5.78 Å². The van der Waals surface area contributed by atoms with Crippen LogP contribution < -0.4 is 4.74 Å². The largest absolute Gasteiger partial charge is 0.486 e. The van der Waals surface area contributed by atoms with Crippen LogP contribution in [0, 0.1) is 50.5 Å². The molecule has 1 N–H and O–H groups in total. The van der Waals surface area contributed by atoms with Crippen LogP contribution in [-0.4, -0.2) is 28.0 Å². The minimum atomic E-state index is -0.505. The first kappa shape index (κ1) is 23.8. The average Bonchev–Trinajstić information content (AvgIpc) is 3.15. The van der Waals surface area contributed by atoms with E-state index in [-0.39, 0.29) is 29.4 Å². The Morgan fingerprint density at radius 3 is 2.41 bits per heavy atom. The predicted octanol–water partition coefficient (Wildman–Crippen LogP) is 5.95. The quantitative estimate of drug-likeness (QED) is 0.425. The highest BCUT2D eigenvalue weighted by Gasteiger charge is 2.61. The molecule has 0 aliphatic heterocycles. The normalized spacial score (nSPS) is 43.4. The molecule has 5 rings (SSSR count). The van der Waals surface area contributed by atoms with Gasteiger partial charge in [-0.2, -0.15) is 0 Å². The maximum atomic E-state index is 13.3. The molecule has 0 unspecified atom stereocenters. The molecule has 186 valence electrons. The van der Waals surface area contributed by atoms with Crippen LogP contribution in [0.2, 0.25) is 0 Å². The van der Waals surface area contributed by atoms with E-state index >= 15 is 0 Å². The summed E-state index contributed by atoms with van der Waals surface area (Å²) in [4.78, 5) is 23.7. The topological polar surface area (TPSA) is 89.7 Å². The lowest BCUT2D eigenvalue weighted by Gasteiger charge is -2.61. The van der Waals surface area contributed by atoms with Crippen molar-refractivity contribution in [3.05, 3.63) is 34.4 Å². The Bertz CT molecular complexity index is 958. The zero-order valence-electron chi connectivity index (χ0n) is 20.8. The molecule has 4 aliphatic rings. The van der Waals surface area contributed by atoms with Crippen molar-refractivity contribution in [2.45, 2.75) is 84.2 Å². The fourth-order valence-electron chi connectivity index (χ4n) is 8.88. The third-order valence-corrected chi connectivity index (χ3v) is 10.8. The maximum Gasteiger partial charge on any atom is 0.269 e. The van der Waals surface area contributed by atoms with Gasteiger partial charge in [-0.05, 0) is 111 Å². The summed E-state index contributed by atoms with van der Waals surface area (Å²) in [6, 6.07) is 5.96. The molecule has 6 heteroatoms. The molecule has 0 radical (unpaired) electrons. The number of aliphatic hydroxyl groups is 1. The first-order valence-electron chi connectivity index (χ1n) is 13.2. The Morgan fingerprint density at radius 1 is 1.00 bits per heavy atom. The number of Topliss-reactive ketones (excluding diaryl/α,β-unsaturated/α-hetero) is 1. The lowest BCUT2D eigenvalue weighted by atomic mass is 9.44. The maximum absolute atomic E-state index is 13.3. The van der Waals surface area contributed by atoms with Gasteiger partial charge in [-0.25, -0.2) is 0 Å². The lowest BCUT2D eigenvalue weighted by Crippen LogP contribution is -2.55. The van der Waals surface area contributed by atoms with Crippen LogP contribution in [0.3, 0.4) is 0 Å². The number of rotatable bonds is 5. The standard InChI is InChI=1S/C28H39NO5/c1-26(31)14-15-27(2)18(16-26)4-9-21-22-10-11-24(28(22,3)13-12-23(21)27)25(30)17-34-20-7-5-19(6-8-20)29(32)33/h5-8,18,21-24,31H,4,9-17H2,1-3H3/t18-,21-,22-,23-,24+,26+,27-,28-/m0/s1. The van der Waals surface area contributed by atoms with Crippen molar-refractivity contribution in [1.29, 1.82) is 0 Å². The molecule has 0 bridgehead atoms. The molecule has 4 fully saturated rings. The van der Waals surface area contributed by atoms with Gasteiger partial charge < -0.3 is 9.84 Å². The van der Waals surface area contributed by atoms with Crippen molar-refractivity contribution in [2.24, 2.45) is 40.4 Å². The number of nitrogens with zero attached hydrogens (tertiary/aromatic N) is 1. The van der Waals surface area contributed by atoms with E-state index in [2.05, 4.69) is 13.8 Å². The van der Waals surface area contributed by atoms with Crippen LogP contribution in [0.1, 0.15) is 78.6 Å². The lowest BCUT2D eigenvalue weighted by molar-refractivity contribution is -0.384. The van der Waals surface area contributed by atoms with Gasteiger partial charge in [0.05, 0.1) is 10.5 Å². The van der Waals surface area contributed by atoms with Crippen molar-refractivity contribution < 1.29 is 19.6 Å². The number of non-ortho nitro benzene ring substituents is 1. The highest BCUT2D eigenvalue weighted by Crippen LogP contribution is 2.68. The van der Waals surface area contributed by atoms with E-state index in [1.165, 1.54) is 31.4 Å². The summed E-state index contributed by atoms with van der Waals surface area (Å²) in [5.74, 6) is 3.34. The Hall–Kier alpha value is -1.95. The Balaban J connectivity index is 1.26. The molecule has 4 aliphatic carbocycles. The number of nitro groups is 1. The molecule has 6 nitrogen and oxygen atoms in total. The van der Waals surface area contributed by atoms with Crippen LogP contribution in [0.4, 0.5) is 5.69 Å². The van der Waals surface area contributed by atoms with E-state index in [4.69, 9.17) is 4.74 Å². The molecule has 0 saturated heterocycles. The Labute approximate surface area is 202 Å². The third kappa shape index (κ3) is 3.86. The SMILES string of the molecule is C[C@@]1(O)CC[C@@]2(C)[C@@H](CC[C@@H]3[C@@H]2CC[C@]2(C)[C@@H](C(=O)COc4ccc([N+](=O)[O-])cc4)CC[C@@H]32)C1. The number of ketones is 1. The van der Waals surface area contributed by atoms with Gasteiger partial charge in [0.1, 0.15) is 12.4 Å². The molecule has 8 atom stereocenters. The van der Waals surface area contributed by atoms with Crippen LogP contribution in [0.5, 0.6) is 5.75 Å². The summed E-state index contributed by atoms with van der Waals surface area (Å²) in [7, 11) is 0. The summed E-state index contributed by atoms with van der Waals surface area (Å²) in [6.45, 7) is 6.91. The highest BCUT2D eigenvalue weighted by atomic mass is 16.6. The fraction of sp³-hybridized carbons (Fsp3) is 0.750. The zero-order chi connectivity index (χ0) is 24.3. The van der Waals surface area contributed by atoms with Crippen LogP contribution in [-0.2, 0) is 4.79 Å². The molecule has 4 saturated carbocycles. The van der Waals surface area contributed by atoms with Gasteiger partial charge in [-0.3, -0.25) is 14.9 Å². The molecular formula is C28H39NO5. The van der Waals surface area contributed by atoms with Crippen molar-refractivity contribution in [2.75, 3.05) is 6.61 Å². The number of benzene rings is 1. The Kier molecular flexibility index (Phi) is 5.82. The summed E-state index contributed by atoms with van der Waals surface area (Å²) in [6.07, 6.45) is 9.80. The number of ether oxygens (including phenoxy) is 1. The fourth-order valence-corrected chi connectivity index (χ4v) is 8.88. The van der Waals surface area contributed by atoms with Gasteiger partial charge in [-0.15, -0.1) is 0 Å². The van der Waals surface area contributed by atoms with E-state index in [1.807, 2.05) is 6.92 Å². The smallest absolute Gasteiger partial charge is 0.269 e. The second kappa shape index (κ2) is 8.32. The summed E-state index contributed by atoms with van der Waals surface area (Å²) in [5, 5.41) is 21.6. The number of carbonyl (C=O) groups excluding carboxylic acids is 1. The predicted molar refractivity (Wildman–Crippen MR) is 129 cm³/mol. The number of nitro benzene ring substituents is 1. The van der Waals surface area contributed by atoms with Crippen molar-refractivity contribution >= 4 is 11.5 Å². The van der Waals surface area contributed by atoms with Gasteiger partial charge >= 0.3 is 0 Å². The van der Waals surface area contributed by atoms with Crippen molar-refractivity contribution in [3.63, 3.8) is 0 Å². The molecule has 1 aromatic rings. The van der Waals surface area contributed by atoms with E-state index in [0.29, 0.717) is 34.8 Å². The molecular weight excluding hydrogens is 430 g/mol. The molecule has 0 heterocycles. The monoisotopic (exact) mass is 469 g/mol. The number of fused-ring (bicyclic) bond motifs is 5. The van der Waals surface area contributed by atoms with Crippen LogP contribution in [0.25, 0.3) is 0 Å². The van der Waals surface area contributed by atoms with Gasteiger partial charge in [0.2, 0.25) is 0 Å². The van der Waals surface area contributed by atoms with Gasteiger partial charge in [0, 0.05) is 18.1 Å². The molecule has 1 aromatic carbocycles. The average molecular weight is 470 g/mol. The van der Waals surface area contributed by atoms with E-state index in [9.17, 15) is 20.0 Å². The summed E-state index contributed by atoms with van der Waals surface area (Å²) < 4.78 is 5.76. The van der Waals surface area contributed by atoms with Gasteiger partial charge in [0.25, 0.3) is 5.69 Å². The first-order chi connectivity index (χ1) is 16.0. The summed E-state index contributed by atoms with van der Waals surface area (Å²) >= 11 is 0. The number of hydrogen-bond acceptors (Lipinski definition) is 5. The second-order valence-corrected chi connectivity index (χ2v) is 12.5. The van der Waals surface area contributed by atoms with Crippen LogP contribution >= 0.6 is 0 Å². The number of hydrogen-bond donors (Lipinski definition) is 1. The van der Waals surface area contributed by atoms with Gasteiger partial charge in [-0.1, -0.05) is 13.8 Å². The molecule has 0 spiro atoms. The minimum absolute atomic E-state index is 0.0200. The minimum Gasteiger partial charge on any atom is -0.486 e.